The maximum Gasteiger partial charge on any atom is 0.126 e. The zero-order valence-corrected chi connectivity index (χ0v) is 8.96. The Kier molecular flexibility index (Phi) is 4.86. The van der Waals surface area contributed by atoms with Gasteiger partial charge in [-0.3, -0.25) is 0 Å². The van der Waals surface area contributed by atoms with Gasteiger partial charge in [0.05, 0.1) is 6.04 Å². The van der Waals surface area contributed by atoms with Crippen molar-refractivity contribution in [2.24, 2.45) is 0 Å². The fourth-order valence-corrected chi connectivity index (χ4v) is 1.39. The van der Waals surface area contributed by atoms with Crippen LogP contribution in [-0.4, -0.2) is 12.6 Å². The summed E-state index contributed by atoms with van der Waals surface area (Å²) >= 11 is 0. The molecule has 0 aromatic heterocycles. The van der Waals surface area contributed by atoms with E-state index in [0.29, 0.717) is 12.0 Å². The molecule has 1 atom stereocenters. The molecule has 1 aromatic rings. The Hall–Kier alpha value is -1.33. The quantitative estimate of drug-likeness (QED) is 0.728. The lowest BCUT2D eigenvalue weighted by atomic mass is 10.1. The van der Waals surface area contributed by atoms with Gasteiger partial charge in [0.25, 0.3) is 0 Å². The molecule has 80 valence electrons. The zero-order valence-electron chi connectivity index (χ0n) is 8.96. The van der Waals surface area contributed by atoms with Gasteiger partial charge in [0.15, 0.2) is 0 Å². The Morgan fingerprint density at radius 2 is 2.20 bits per heavy atom. The number of rotatable bonds is 5. The Labute approximate surface area is 90.7 Å². The molecule has 1 rings (SSSR count). The lowest BCUT2D eigenvalue weighted by Gasteiger charge is -2.12. The molecule has 1 aromatic carbocycles. The summed E-state index contributed by atoms with van der Waals surface area (Å²) in [6, 6.07) is 6.66. The lowest BCUT2D eigenvalue weighted by Crippen LogP contribution is -2.30. The minimum absolute atomic E-state index is 0.0816. The van der Waals surface area contributed by atoms with E-state index in [1.54, 1.807) is 12.1 Å². The van der Waals surface area contributed by atoms with Crippen molar-refractivity contribution < 1.29 is 4.39 Å². The maximum absolute atomic E-state index is 13.3. The van der Waals surface area contributed by atoms with Crippen molar-refractivity contribution in [2.75, 3.05) is 6.54 Å². The molecule has 0 aliphatic rings. The SMILES string of the molecule is C#CC(Cc1ccccc1F)NCCC. The van der Waals surface area contributed by atoms with Gasteiger partial charge in [-0.05, 0) is 24.6 Å². The highest BCUT2D eigenvalue weighted by Crippen LogP contribution is 2.08. The first-order chi connectivity index (χ1) is 7.27. The van der Waals surface area contributed by atoms with Crippen LogP contribution in [0.25, 0.3) is 0 Å². The fraction of sp³-hybridized carbons (Fsp3) is 0.385. The summed E-state index contributed by atoms with van der Waals surface area (Å²) in [5.74, 6) is 2.45. The van der Waals surface area contributed by atoms with Gasteiger partial charge in [-0.2, -0.15) is 0 Å². The largest absolute Gasteiger partial charge is 0.303 e. The van der Waals surface area contributed by atoms with Crippen molar-refractivity contribution >= 4 is 0 Å². The summed E-state index contributed by atoms with van der Waals surface area (Å²) in [6.45, 7) is 2.94. The molecule has 0 spiro atoms. The number of nitrogens with one attached hydrogen (secondary N) is 1. The number of terminal acetylenes is 1. The number of hydrogen-bond acceptors (Lipinski definition) is 1. The normalized spacial score (nSPS) is 12.1. The van der Waals surface area contributed by atoms with Crippen LogP contribution >= 0.6 is 0 Å². The van der Waals surface area contributed by atoms with Gasteiger partial charge in [0, 0.05) is 6.42 Å². The van der Waals surface area contributed by atoms with Gasteiger partial charge >= 0.3 is 0 Å². The van der Waals surface area contributed by atoms with Crippen LogP contribution in [-0.2, 0) is 6.42 Å². The van der Waals surface area contributed by atoms with Gasteiger partial charge in [0.1, 0.15) is 5.82 Å². The third-order valence-electron chi connectivity index (χ3n) is 2.22. The minimum Gasteiger partial charge on any atom is -0.303 e. The summed E-state index contributed by atoms with van der Waals surface area (Å²) in [6.07, 6.45) is 6.94. The van der Waals surface area contributed by atoms with E-state index in [4.69, 9.17) is 6.42 Å². The van der Waals surface area contributed by atoms with Gasteiger partial charge in [-0.15, -0.1) is 6.42 Å². The van der Waals surface area contributed by atoms with Gasteiger partial charge < -0.3 is 5.32 Å². The molecule has 0 bridgehead atoms. The third kappa shape index (κ3) is 3.73. The van der Waals surface area contributed by atoms with E-state index in [-0.39, 0.29) is 11.9 Å². The Morgan fingerprint density at radius 1 is 1.47 bits per heavy atom. The predicted molar refractivity (Wildman–Crippen MR) is 61.0 cm³/mol. The Morgan fingerprint density at radius 3 is 2.80 bits per heavy atom. The first-order valence-electron chi connectivity index (χ1n) is 5.20. The van der Waals surface area contributed by atoms with Crippen molar-refractivity contribution in [2.45, 2.75) is 25.8 Å². The van der Waals surface area contributed by atoms with Crippen molar-refractivity contribution in [1.29, 1.82) is 0 Å². The maximum atomic E-state index is 13.3. The van der Waals surface area contributed by atoms with Crippen LogP contribution in [0.15, 0.2) is 24.3 Å². The molecule has 0 saturated heterocycles. The second-order valence-electron chi connectivity index (χ2n) is 3.47. The van der Waals surface area contributed by atoms with E-state index in [1.807, 2.05) is 6.07 Å². The second-order valence-corrected chi connectivity index (χ2v) is 3.47. The first-order valence-corrected chi connectivity index (χ1v) is 5.20. The molecule has 15 heavy (non-hydrogen) atoms. The van der Waals surface area contributed by atoms with E-state index < -0.39 is 0 Å². The third-order valence-corrected chi connectivity index (χ3v) is 2.22. The fourth-order valence-electron chi connectivity index (χ4n) is 1.39. The van der Waals surface area contributed by atoms with E-state index in [9.17, 15) is 4.39 Å². The van der Waals surface area contributed by atoms with Crippen molar-refractivity contribution in [1.82, 2.24) is 5.32 Å². The molecular formula is C13H16FN. The highest BCUT2D eigenvalue weighted by Gasteiger charge is 2.07. The summed E-state index contributed by atoms with van der Waals surface area (Å²) < 4.78 is 13.3. The molecule has 1 unspecified atom stereocenters. The van der Waals surface area contributed by atoms with Crippen LogP contribution < -0.4 is 5.32 Å². The molecule has 0 heterocycles. The molecule has 2 heteroatoms. The molecule has 0 fully saturated rings. The van der Waals surface area contributed by atoms with Crippen LogP contribution in [0.2, 0.25) is 0 Å². The molecule has 1 N–H and O–H groups in total. The highest BCUT2D eigenvalue weighted by molar-refractivity contribution is 5.20. The van der Waals surface area contributed by atoms with Crippen LogP contribution in [0.5, 0.6) is 0 Å². The van der Waals surface area contributed by atoms with Crippen LogP contribution in [0.4, 0.5) is 4.39 Å². The Bertz CT molecular complexity index is 341. The van der Waals surface area contributed by atoms with Gasteiger partial charge in [-0.1, -0.05) is 31.0 Å². The van der Waals surface area contributed by atoms with Gasteiger partial charge in [-0.25, -0.2) is 4.39 Å². The zero-order chi connectivity index (χ0) is 11.1. The predicted octanol–water partition coefficient (Wildman–Crippen LogP) is 2.37. The molecule has 1 nitrogen and oxygen atoms in total. The summed E-state index contributed by atoms with van der Waals surface area (Å²) in [5.41, 5.74) is 0.670. The monoisotopic (exact) mass is 205 g/mol. The van der Waals surface area contributed by atoms with E-state index in [1.165, 1.54) is 6.07 Å². The average molecular weight is 205 g/mol. The van der Waals surface area contributed by atoms with Crippen molar-refractivity contribution in [3.63, 3.8) is 0 Å². The summed E-state index contributed by atoms with van der Waals surface area (Å²) in [4.78, 5) is 0. The smallest absolute Gasteiger partial charge is 0.126 e. The molecule has 0 saturated carbocycles. The van der Waals surface area contributed by atoms with E-state index >= 15 is 0 Å². The number of halogens is 1. The first kappa shape index (κ1) is 11.7. The van der Waals surface area contributed by atoms with Gasteiger partial charge in [0.2, 0.25) is 0 Å². The summed E-state index contributed by atoms with van der Waals surface area (Å²) in [5, 5.41) is 3.19. The standard InChI is InChI=1S/C13H16FN/c1-3-9-15-12(4-2)10-11-7-5-6-8-13(11)14/h2,5-8,12,15H,3,9-10H2,1H3. The van der Waals surface area contributed by atoms with E-state index in [2.05, 4.69) is 18.2 Å². The van der Waals surface area contributed by atoms with E-state index in [0.717, 1.165) is 13.0 Å². The molecule has 0 radical (unpaired) electrons. The van der Waals surface area contributed by atoms with Crippen LogP contribution in [0, 0.1) is 18.2 Å². The topological polar surface area (TPSA) is 12.0 Å². The van der Waals surface area contributed by atoms with Crippen LogP contribution in [0.3, 0.4) is 0 Å². The minimum atomic E-state index is -0.184. The second kappa shape index (κ2) is 6.21. The van der Waals surface area contributed by atoms with Crippen LogP contribution in [0.1, 0.15) is 18.9 Å². The highest BCUT2D eigenvalue weighted by atomic mass is 19.1. The molecule has 0 aliphatic heterocycles. The average Bonchev–Trinajstić information content (AvgIpc) is 2.26. The molecular weight excluding hydrogens is 189 g/mol. The number of hydrogen-bond donors (Lipinski definition) is 1. The lowest BCUT2D eigenvalue weighted by molar-refractivity contribution is 0.565. The van der Waals surface area contributed by atoms with Crippen molar-refractivity contribution in [3.05, 3.63) is 35.6 Å². The number of benzene rings is 1. The molecule has 0 amide bonds. The van der Waals surface area contributed by atoms with Crippen molar-refractivity contribution in [3.8, 4) is 12.3 Å². The summed E-state index contributed by atoms with van der Waals surface area (Å²) in [7, 11) is 0. The Balaban J connectivity index is 2.60. The molecule has 0 aliphatic carbocycles.